The lowest BCUT2D eigenvalue weighted by atomic mass is 9.80. The van der Waals surface area contributed by atoms with Crippen LogP contribution in [0.5, 0.6) is 5.75 Å². The topological polar surface area (TPSA) is 56.1 Å². The molecule has 0 saturated heterocycles. The predicted molar refractivity (Wildman–Crippen MR) is 112 cm³/mol. The number of imidazole rings is 1. The Bertz CT molecular complexity index is 886. The Kier molecular flexibility index (Phi) is 6.25. The minimum Gasteiger partial charge on any atom is -0.489 e. The summed E-state index contributed by atoms with van der Waals surface area (Å²) in [5, 5.41) is 3.16. The summed E-state index contributed by atoms with van der Waals surface area (Å²) in [6.07, 6.45) is 9.02. The second kappa shape index (κ2) is 9.41. The number of ether oxygens (including phenoxy) is 1. The fourth-order valence-electron chi connectivity index (χ4n) is 3.75. The third-order valence-electron chi connectivity index (χ3n) is 5.44. The van der Waals surface area contributed by atoms with Gasteiger partial charge in [-0.2, -0.15) is 0 Å². The Balaban J connectivity index is 1.13. The third kappa shape index (κ3) is 5.70. The molecule has 5 nitrogen and oxygen atoms in total. The molecule has 150 valence electrons. The fourth-order valence-corrected chi connectivity index (χ4v) is 3.75. The molecule has 1 aliphatic rings. The Labute approximate surface area is 171 Å². The standard InChI is InChI=1S/C24H27N3O2/c28-24(26-22-14-21(15-22)16-27-13-12-25-18-27)11-8-19-6-9-23(10-7-19)29-17-20-4-2-1-3-5-20/h1-7,9-10,12-13,18,21-22H,8,11,14-17H2,(H,26,28). The predicted octanol–water partition coefficient (Wildman–Crippen LogP) is 3.99. The van der Waals surface area contributed by atoms with Crippen molar-refractivity contribution in [2.24, 2.45) is 5.92 Å². The summed E-state index contributed by atoms with van der Waals surface area (Å²) in [6.45, 7) is 1.55. The molecule has 0 spiro atoms. The van der Waals surface area contributed by atoms with E-state index in [-0.39, 0.29) is 5.91 Å². The number of amides is 1. The van der Waals surface area contributed by atoms with Gasteiger partial charge in [-0.25, -0.2) is 4.98 Å². The first-order valence-electron chi connectivity index (χ1n) is 10.3. The van der Waals surface area contributed by atoms with E-state index in [4.69, 9.17) is 4.74 Å². The van der Waals surface area contributed by atoms with Crippen molar-refractivity contribution in [1.29, 1.82) is 0 Å². The van der Waals surface area contributed by atoms with Crippen LogP contribution in [0.25, 0.3) is 0 Å². The van der Waals surface area contributed by atoms with Crippen LogP contribution in [0.4, 0.5) is 0 Å². The van der Waals surface area contributed by atoms with Gasteiger partial charge in [0.2, 0.25) is 5.91 Å². The van der Waals surface area contributed by atoms with E-state index >= 15 is 0 Å². The van der Waals surface area contributed by atoms with E-state index in [2.05, 4.69) is 27.0 Å². The van der Waals surface area contributed by atoms with Gasteiger partial charge >= 0.3 is 0 Å². The van der Waals surface area contributed by atoms with Crippen LogP contribution >= 0.6 is 0 Å². The molecule has 0 aliphatic heterocycles. The summed E-state index contributed by atoms with van der Waals surface area (Å²) in [4.78, 5) is 16.3. The molecule has 4 rings (SSSR count). The average Bonchev–Trinajstić information content (AvgIpc) is 3.24. The van der Waals surface area contributed by atoms with Crippen molar-refractivity contribution in [2.75, 3.05) is 0 Å². The highest BCUT2D eigenvalue weighted by atomic mass is 16.5. The smallest absolute Gasteiger partial charge is 0.220 e. The average molecular weight is 389 g/mol. The van der Waals surface area contributed by atoms with Crippen LogP contribution in [-0.4, -0.2) is 21.5 Å². The van der Waals surface area contributed by atoms with Crippen molar-refractivity contribution in [3.05, 3.63) is 84.4 Å². The lowest BCUT2D eigenvalue weighted by Gasteiger charge is -2.36. The second-order valence-corrected chi connectivity index (χ2v) is 7.78. The summed E-state index contributed by atoms with van der Waals surface area (Å²) in [6, 6.07) is 18.5. The molecule has 1 heterocycles. The first-order chi connectivity index (χ1) is 14.2. The van der Waals surface area contributed by atoms with Gasteiger partial charge in [-0.1, -0.05) is 42.5 Å². The highest BCUT2D eigenvalue weighted by molar-refractivity contribution is 5.76. The van der Waals surface area contributed by atoms with Crippen molar-refractivity contribution >= 4 is 5.91 Å². The van der Waals surface area contributed by atoms with E-state index in [1.54, 1.807) is 6.20 Å². The number of hydrogen-bond donors (Lipinski definition) is 1. The summed E-state index contributed by atoms with van der Waals surface area (Å²) in [5.74, 6) is 1.62. The largest absolute Gasteiger partial charge is 0.489 e. The SMILES string of the molecule is O=C(CCc1ccc(OCc2ccccc2)cc1)NC1CC(Cn2ccnc2)C1. The molecule has 0 atom stereocenters. The molecular formula is C24H27N3O2. The molecule has 1 fully saturated rings. The fraction of sp³-hybridized carbons (Fsp3) is 0.333. The molecule has 0 bridgehead atoms. The van der Waals surface area contributed by atoms with Gasteiger partial charge in [0.1, 0.15) is 12.4 Å². The Morgan fingerprint density at radius 2 is 1.86 bits per heavy atom. The number of carbonyl (C=O) groups excluding carboxylic acids is 1. The van der Waals surface area contributed by atoms with Crippen LogP contribution in [0.3, 0.4) is 0 Å². The Hall–Kier alpha value is -3.08. The third-order valence-corrected chi connectivity index (χ3v) is 5.44. The molecule has 0 radical (unpaired) electrons. The lowest BCUT2D eigenvalue weighted by molar-refractivity contribution is -0.122. The highest BCUT2D eigenvalue weighted by Gasteiger charge is 2.30. The summed E-state index contributed by atoms with van der Waals surface area (Å²) < 4.78 is 7.92. The van der Waals surface area contributed by atoms with Crippen LogP contribution < -0.4 is 10.1 Å². The second-order valence-electron chi connectivity index (χ2n) is 7.78. The van der Waals surface area contributed by atoms with E-state index in [0.29, 0.717) is 25.0 Å². The minimum absolute atomic E-state index is 0.139. The molecule has 1 saturated carbocycles. The zero-order valence-electron chi connectivity index (χ0n) is 16.5. The molecule has 2 aromatic carbocycles. The van der Waals surface area contributed by atoms with Crippen molar-refractivity contribution < 1.29 is 9.53 Å². The number of hydrogen-bond acceptors (Lipinski definition) is 3. The maximum atomic E-state index is 12.2. The molecule has 1 amide bonds. The van der Waals surface area contributed by atoms with E-state index < -0.39 is 0 Å². The quantitative estimate of drug-likeness (QED) is 0.602. The van der Waals surface area contributed by atoms with Gasteiger partial charge in [0, 0.05) is 31.4 Å². The van der Waals surface area contributed by atoms with E-state index in [0.717, 1.165) is 42.7 Å². The maximum Gasteiger partial charge on any atom is 0.220 e. The van der Waals surface area contributed by atoms with Gasteiger partial charge in [-0.05, 0) is 48.4 Å². The highest BCUT2D eigenvalue weighted by Crippen LogP contribution is 2.29. The number of aryl methyl sites for hydroxylation is 1. The summed E-state index contributed by atoms with van der Waals surface area (Å²) in [5.41, 5.74) is 2.30. The molecule has 1 aromatic heterocycles. The number of nitrogens with zero attached hydrogens (tertiary/aromatic N) is 2. The van der Waals surface area contributed by atoms with E-state index in [1.807, 2.05) is 55.0 Å². The van der Waals surface area contributed by atoms with Gasteiger partial charge in [0.15, 0.2) is 0 Å². The van der Waals surface area contributed by atoms with Crippen molar-refractivity contribution in [3.8, 4) is 5.75 Å². The Morgan fingerprint density at radius 1 is 1.07 bits per heavy atom. The van der Waals surface area contributed by atoms with Gasteiger partial charge in [-0.3, -0.25) is 4.79 Å². The molecule has 3 aromatic rings. The van der Waals surface area contributed by atoms with Crippen molar-refractivity contribution in [2.45, 2.75) is 44.9 Å². The van der Waals surface area contributed by atoms with Crippen molar-refractivity contribution in [1.82, 2.24) is 14.9 Å². The molecular weight excluding hydrogens is 362 g/mol. The molecule has 5 heteroatoms. The zero-order valence-corrected chi connectivity index (χ0v) is 16.5. The first-order valence-corrected chi connectivity index (χ1v) is 10.3. The van der Waals surface area contributed by atoms with Crippen LogP contribution in [0.15, 0.2) is 73.3 Å². The van der Waals surface area contributed by atoms with Crippen molar-refractivity contribution in [3.63, 3.8) is 0 Å². The zero-order chi connectivity index (χ0) is 19.9. The number of nitrogens with one attached hydrogen (secondary N) is 1. The molecule has 1 aliphatic carbocycles. The van der Waals surface area contributed by atoms with E-state index in [9.17, 15) is 4.79 Å². The van der Waals surface area contributed by atoms with Crippen LogP contribution in [-0.2, 0) is 24.4 Å². The van der Waals surface area contributed by atoms with Gasteiger partial charge in [0.05, 0.1) is 6.33 Å². The minimum atomic E-state index is 0.139. The summed E-state index contributed by atoms with van der Waals surface area (Å²) in [7, 11) is 0. The normalized spacial score (nSPS) is 18.1. The number of carbonyl (C=O) groups is 1. The first kappa shape index (κ1) is 19.2. The molecule has 29 heavy (non-hydrogen) atoms. The molecule has 1 N–H and O–H groups in total. The van der Waals surface area contributed by atoms with Crippen LogP contribution in [0, 0.1) is 5.92 Å². The molecule has 0 unspecified atom stereocenters. The van der Waals surface area contributed by atoms with Gasteiger partial charge < -0.3 is 14.6 Å². The van der Waals surface area contributed by atoms with Crippen LogP contribution in [0.2, 0.25) is 0 Å². The Morgan fingerprint density at radius 3 is 2.59 bits per heavy atom. The maximum absolute atomic E-state index is 12.2. The van der Waals surface area contributed by atoms with Gasteiger partial charge in [0.25, 0.3) is 0 Å². The van der Waals surface area contributed by atoms with Crippen LogP contribution in [0.1, 0.15) is 30.4 Å². The number of rotatable bonds is 9. The summed E-state index contributed by atoms with van der Waals surface area (Å²) >= 11 is 0. The monoisotopic (exact) mass is 389 g/mol. The lowest BCUT2D eigenvalue weighted by Crippen LogP contribution is -2.45. The number of aromatic nitrogens is 2. The number of benzene rings is 2. The van der Waals surface area contributed by atoms with Gasteiger partial charge in [-0.15, -0.1) is 0 Å². The van der Waals surface area contributed by atoms with E-state index in [1.165, 1.54) is 0 Å².